The van der Waals surface area contributed by atoms with E-state index in [0.717, 1.165) is 22.6 Å². The molecule has 0 bridgehead atoms. The molecule has 0 N–H and O–H groups in total. The van der Waals surface area contributed by atoms with Crippen LogP contribution in [0.4, 0.5) is 0 Å². The molecule has 4 aromatic rings. The smallest absolute Gasteiger partial charge is 0.145 e. The van der Waals surface area contributed by atoms with Crippen LogP contribution >= 0.6 is 0 Å². The fourth-order valence-corrected chi connectivity index (χ4v) is 3.67. The SMILES string of the molecule is CC(C)(C)c1cc(-c2nc(-c3ccccc3)c3ccccn23)cc(C(C)(C)C)c1. The molecule has 0 spiro atoms. The summed E-state index contributed by atoms with van der Waals surface area (Å²) in [7, 11) is 0. The second-order valence-corrected chi connectivity index (χ2v) is 9.90. The third kappa shape index (κ3) is 3.72. The van der Waals surface area contributed by atoms with E-state index in [4.69, 9.17) is 4.98 Å². The molecule has 2 heterocycles. The topological polar surface area (TPSA) is 17.3 Å². The van der Waals surface area contributed by atoms with Gasteiger partial charge in [-0.3, -0.25) is 4.40 Å². The first-order valence-corrected chi connectivity index (χ1v) is 10.3. The molecule has 2 aromatic carbocycles. The second kappa shape index (κ2) is 6.88. The Kier molecular flexibility index (Phi) is 4.61. The summed E-state index contributed by atoms with van der Waals surface area (Å²) in [6.07, 6.45) is 2.12. The van der Waals surface area contributed by atoms with E-state index >= 15 is 0 Å². The number of hydrogen-bond donors (Lipinski definition) is 0. The summed E-state index contributed by atoms with van der Waals surface area (Å²) in [5.74, 6) is 0.996. The summed E-state index contributed by atoms with van der Waals surface area (Å²) in [5, 5.41) is 0. The number of imidazole rings is 1. The molecule has 0 aliphatic heterocycles. The average molecular weight is 383 g/mol. The number of hydrogen-bond acceptors (Lipinski definition) is 1. The Hall–Kier alpha value is -2.87. The lowest BCUT2D eigenvalue weighted by atomic mass is 9.79. The van der Waals surface area contributed by atoms with Crippen molar-refractivity contribution >= 4 is 5.52 Å². The van der Waals surface area contributed by atoms with Gasteiger partial charge in [0.25, 0.3) is 0 Å². The van der Waals surface area contributed by atoms with Crippen LogP contribution in [0.3, 0.4) is 0 Å². The molecule has 0 aliphatic carbocycles. The van der Waals surface area contributed by atoms with Crippen LogP contribution in [0.5, 0.6) is 0 Å². The maximum Gasteiger partial charge on any atom is 0.145 e. The zero-order valence-electron chi connectivity index (χ0n) is 18.3. The first-order chi connectivity index (χ1) is 13.6. The predicted octanol–water partition coefficient (Wildman–Crippen LogP) is 7.26. The summed E-state index contributed by atoms with van der Waals surface area (Å²) in [5.41, 5.74) is 7.31. The third-order valence-electron chi connectivity index (χ3n) is 5.52. The molecule has 0 aliphatic rings. The molecular weight excluding hydrogens is 352 g/mol. The van der Waals surface area contributed by atoms with Crippen molar-refractivity contribution in [3.8, 4) is 22.6 Å². The Morgan fingerprint density at radius 1 is 0.655 bits per heavy atom. The van der Waals surface area contributed by atoms with Crippen LogP contribution in [-0.2, 0) is 10.8 Å². The lowest BCUT2D eigenvalue weighted by Gasteiger charge is -2.26. The minimum absolute atomic E-state index is 0.0747. The van der Waals surface area contributed by atoms with Crippen LogP contribution in [-0.4, -0.2) is 9.38 Å². The Morgan fingerprint density at radius 3 is 1.83 bits per heavy atom. The molecule has 2 aromatic heterocycles. The van der Waals surface area contributed by atoms with E-state index in [1.54, 1.807) is 0 Å². The molecule has 0 fully saturated rings. The van der Waals surface area contributed by atoms with Gasteiger partial charge in [-0.25, -0.2) is 4.98 Å². The van der Waals surface area contributed by atoms with Gasteiger partial charge in [0, 0.05) is 17.3 Å². The summed E-state index contributed by atoms with van der Waals surface area (Å²) < 4.78 is 2.22. The van der Waals surface area contributed by atoms with Crippen LogP contribution in [0.25, 0.3) is 28.2 Å². The first kappa shape index (κ1) is 19.4. The van der Waals surface area contributed by atoms with Crippen LogP contribution in [0, 0.1) is 0 Å². The number of rotatable bonds is 2. The van der Waals surface area contributed by atoms with Gasteiger partial charge < -0.3 is 0 Å². The molecule has 0 saturated carbocycles. The summed E-state index contributed by atoms with van der Waals surface area (Å²) in [6, 6.07) is 23.7. The standard InChI is InChI=1S/C27H30N2/c1-26(2,3)21-16-20(17-22(18-21)27(4,5)6)25-28-24(19-12-8-7-9-13-19)23-14-10-11-15-29(23)25/h7-18H,1-6H3. The van der Waals surface area contributed by atoms with Crippen molar-refractivity contribution in [2.24, 2.45) is 0 Å². The summed E-state index contributed by atoms with van der Waals surface area (Å²) in [6.45, 7) is 13.7. The van der Waals surface area contributed by atoms with Gasteiger partial charge >= 0.3 is 0 Å². The fourth-order valence-electron chi connectivity index (χ4n) is 3.67. The molecule has 4 rings (SSSR count). The number of aromatic nitrogens is 2. The predicted molar refractivity (Wildman–Crippen MR) is 123 cm³/mol. The van der Waals surface area contributed by atoms with E-state index in [2.05, 4.69) is 113 Å². The molecular formula is C27H30N2. The maximum atomic E-state index is 5.14. The fraction of sp³-hybridized carbons (Fsp3) is 0.296. The Balaban J connectivity index is 2.01. The Morgan fingerprint density at radius 2 is 1.24 bits per heavy atom. The first-order valence-electron chi connectivity index (χ1n) is 10.3. The zero-order valence-corrected chi connectivity index (χ0v) is 18.3. The Labute approximate surface area is 174 Å². The average Bonchev–Trinajstić information content (AvgIpc) is 3.07. The lowest BCUT2D eigenvalue weighted by molar-refractivity contribution is 0.569. The van der Waals surface area contributed by atoms with Gasteiger partial charge in [-0.15, -0.1) is 0 Å². The lowest BCUT2D eigenvalue weighted by Crippen LogP contribution is -2.16. The highest BCUT2D eigenvalue weighted by atomic mass is 15.0. The minimum atomic E-state index is 0.0747. The number of benzene rings is 2. The van der Waals surface area contributed by atoms with Gasteiger partial charge in [0.2, 0.25) is 0 Å². The summed E-state index contributed by atoms with van der Waals surface area (Å²) in [4.78, 5) is 5.14. The van der Waals surface area contributed by atoms with Crippen LogP contribution in [0.2, 0.25) is 0 Å². The highest BCUT2D eigenvalue weighted by Crippen LogP contribution is 2.35. The van der Waals surface area contributed by atoms with Gasteiger partial charge in [-0.05, 0) is 46.2 Å². The Bertz CT molecular complexity index is 1120. The maximum absolute atomic E-state index is 5.14. The zero-order chi connectivity index (χ0) is 20.8. The van der Waals surface area contributed by atoms with Gasteiger partial charge in [-0.2, -0.15) is 0 Å². The van der Waals surface area contributed by atoms with Gasteiger partial charge in [0.05, 0.1) is 11.2 Å². The third-order valence-corrected chi connectivity index (χ3v) is 5.52. The van der Waals surface area contributed by atoms with E-state index in [1.165, 1.54) is 16.7 Å². The highest BCUT2D eigenvalue weighted by molar-refractivity contribution is 5.81. The summed E-state index contributed by atoms with van der Waals surface area (Å²) >= 11 is 0. The molecule has 29 heavy (non-hydrogen) atoms. The molecule has 2 heteroatoms. The van der Waals surface area contributed by atoms with Crippen molar-refractivity contribution in [3.63, 3.8) is 0 Å². The van der Waals surface area contributed by atoms with E-state index in [9.17, 15) is 0 Å². The monoisotopic (exact) mass is 382 g/mol. The van der Waals surface area contributed by atoms with Gasteiger partial charge in [-0.1, -0.05) is 84.0 Å². The normalized spacial score (nSPS) is 12.5. The van der Waals surface area contributed by atoms with Crippen molar-refractivity contribution in [1.82, 2.24) is 9.38 Å². The molecule has 0 amide bonds. The van der Waals surface area contributed by atoms with Crippen LogP contribution in [0.15, 0.2) is 72.9 Å². The van der Waals surface area contributed by atoms with Crippen molar-refractivity contribution in [2.45, 2.75) is 52.4 Å². The molecule has 2 nitrogen and oxygen atoms in total. The minimum Gasteiger partial charge on any atom is -0.299 e. The number of pyridine rings is 1. The van der Waals surface area contributed by atoms with Gasteiger partial charge in [0.1, 0.15) is 5.82 Å². The van der Waals surface area contributed by atoms with E-state index in [-0.39, 0.29) is 10.8 Å². The number of nitrogens with zero attached hydrogens (tertiary/aromatic N) is 2. The molecule has 0 unspecified atom stereocenters. The second-order valence-electron chi connectivity index (χ2n) is 9.90. The van der Waals surface area contributed by atoms with E-state index in [1.807, 2.05) is 6.07 Å². The largest absolute Gasteiger partial charge is 0.299 e. The van der Waals surface area contributed by atoms with Crippen molar-refractivity contribution in [1.29, 1.82) is 0 Å². The molecule has 0 saturated heterocycles. The van der Waals surface area contributed by atoms with E-state index in [0.29, 0.717) is 0 Å². The highest BCUT2D eigenvalue weighted by Gasteiger charge is 2.23. The van der Waals surface area contributed by atoms with Crippen molar-refractivity contribution < 1.29 is 0 Å². The van der Waals surface area contributed by atoms with Crippen LogP contribution in [0.1, 0.15) is 52.7 Å². The van der Waals surface area contributed by atoms with Crippen molar-refractivity contribution in [3.05, 3.63) is 84.1 Å². The van der Waals surface area contributed by atoms with E-state index < -0.39 is 0 Å². The van der Waals surface area contributed by atoms with Crippen LogP contribution < -0.4 is 0 Å². The number of fused-ring (bicyclic) bond motifs is 1. The quantitative estimate of drug-likeness (QED) is 0.356. The molecule has 0 atom stereocenters. The molecule has 148 valence electrons. The van der Waals surface area contributed by atoms with Gasteiger partial charge in [0.15, 0.2) is 0 Å². The molecule has 0 radical (unpaired) electrons. The van der Waals surface area contributed by atoms with Crippen molar-refractivity contribution in [2.75, 3.05) is 0 Å².